The number of carbonyl (C=O) groups excluding carboxylic acids is 2. The van der Waals surface area contributed by atoms with Gasteiger partial charge in [0.15, 0.2) is 0 Å². The summed E-state index contributed by atoms with van der Waals surface area (Å²) in [7, 11) is -4.27. The number of benzene rings is 1. The molecular weight excluding hydrogens is 406 g/mol. The van der Waals surface area contributed by atoms with E-state index in [-0.39, 0.29) is 22.8 Å². The Hall–Kier alpha value is -1.77. The molecule has 7 nitrogen and oxygen atoms in total. The summed E-state index contributed by atoms with van der Waals surface area (Å²) in [5.74, 6) is -0.0778. The third-order valence-corrected chi connectivity index (χ3v) is 5.81. The van der Waals surface area contributed by atoms with Crippen molar-refractivity contribution in [1.29, 1.82) is 0 Å². The number of Topliss-reactive ketones (excluding diaryl/α,β-unsaturated/α-hetero) is 1. The summed E-state index contributed by atoms with van der Waals surface area (Å²) in [6.45, 7) is 2.18. The molecule has 0 radical (unpaired) electrons. The number of hydrogen-bond acceptors (Lipinski definition) is 6. The Kier molecular flexibility index (Phi) is 12.5. The van der Waals surface area contributed by atoms with Gasteiger partial charge >= 0.3 is 5.97 Å². The van der Waals surface area contributed by atoms with Gasteiger partial charge in [0.25, 0.3) is 10.1 Å². The first-order valence-electron chi connectivity index (χ1n) is 10.8. The van der Waals surface area contributed by atoms with Crippen LogP contribution < -0.4 is 10.5 Å². The summed E-state index contributed by atoms with van der Waals surface area (Å²) >= 11 is 0. The Bertz CT molecular complexity index is 745. The molecule has 1 rings (SSSR count). The number of unbranched alkanes of at least 4 members (excludes halogenated alkanes) is 7. The van der Waals surface area contributed by atoms with Gasteiger partial charge in [0.2, 0.25) is 0 Å². The lowest BCUT2D eigenvalue weighted by atomic mass is 10.00. The van der Waals surface area contributed by atoms with Crippen molar-refractivity contribution in [1.82, 2.24) is 0 Å². The SMILES string of the molecule is CCCCCCCCC(=O)C(N)CCCCCC(=O)Oc1ccc(S(=O)(=O)O)cc1. The topological polar surface area (TPSA) is 124 Å². The molecule has 1 unspecified atom stereocenters. The summed E-state index contributed by atoms with van der Waals surface area (Å²) in [5.41, 5.74) is 5.96. The van der Waals surface area contributed by atoms with Crippen molar-refractivity contribution >= 4 is 21.9 Å². The molecule has 0 amide bonds. The Morgan fingerprint density at radius 3 is 2.13 bits per heavy atom. The molecule has 1 aromatic rings. The molecule has 0 aromatic heterocycles. The second-order valence-electron chi connectivity index (χ2n) is 7.61. The predicted octanol–water partition coefficient (Wildman–Crippen LogP) is 4.44. The van der Waals surface area contributed by atoms with Crippen LogP contribution in [0.3, 0.4) is 0 Å². The molecule has 170 valence electrons. The molecule has 30 heavy (non-hydrogen) atoms. The van der Waals surface area contributed by atoms with Gasteiger partial charge in [-0.1, -0.05) is 51.9 Å². The first-order valence-corrected chi connectivity index (χ1v) is 12.2. The van der Waals surface area contributed by atoms with Crippen LogP contribution in [0.2, 0.25) is 0 Å². The van der Waals surface area contributed by atoms with Crippen LogP contribution in [0.5, 0.6) is 5.75 Å². The van der Waals surface area contributed by atoms with Crippen molar-refractivity contribution in [2.24, 2.45) is 5.73 Å². The second kappa shape index (κ2) is 14.3. The normalized spacial score (nSPS) is 12.5. The predicted molar refractivity (Wildman–Crippen MR) is 116 cm³/mol. The molecule has 0 bridgehead atoms. The lowest BCUT2D eigenvalue weighted by Gasteiger charge is -2.10. The highest BCUT2D eigenvalue weighted by atomic mass is 32.2. The van der Waals surface area contributed by atoms with Crippen molar-refractivity contribution in [2.75, 3.05) is 0 Å². The van der Waals surface area contributed by atoms with Crippen molar-refractivity contribution in [3.63, 3.8) is 0 Å². The molecule has 1 atom stereocenters. The van der Waals surface area contributed by atoms with Crippen molar-refractivity contribution in [3.05, 3.63) is 24.3 Å². The van der Waals surface area contributed by atoms with Crippen molar-refractivity contribution in [3.8, 4) is 5.75 Å². The quantitative estimate of drug-likeness (QED) is 0.168. The van der Waals surface area contributed by atoms with Gasteiger partial charge in [0.05, 0.1) is 10.9 Å². The van der Waals surface area contributed by atoms with Gasteiger partial charge in [0, 0.05) is 12.8 Å². The highest BCUT2D eigenvalue weighted by molar-refractivity contribution is 7.85. The first kappa shape index (κ1) is 26.3. The number of nitrogens with two attached hydrogens (primary N) is 1. The van der Waals surface area contributed by atoms with Gasteiger partial charge in [-0.3, -0.25) is 14.1 Å². The molecule has 0 aliphatic rings. The number of hydrogen-bond donors (Lipinski definition) is 2. The summed E-state index contributed by atoms with van der Waals surface area (Å²) in [6.07, 6.45) is 10.4. The fourth-order valence-corrected chi connectivity index (χ4v) is 3.58. The van der Waals surface area contributed by atoms with Gasteiger partial charge in [-0.25, -0.2) is 0 Å². The fraction of sp³-hybridized carbons (Fsp3) is 0.636. The van der Waals surface area contributed by atoms with E-state index in [0.29, 0.717) is 19.3 Å². The van der Waals surface area contributed by atoms with E-state index in [4.69, 9.17) is 15.0 Å². The zero-order chi connectivity index (χ0) is 22.4. The van der Waals surface area contributed by atoms with Crippen molar-refractivity contribution in [2.45, 2.75) is 94.9 Å². The highest BCUT2D eigenvalue weighted by Gasteiger charge is 2.13. The van der Waals surface area contributed by atoms with Gasteiger partial charge in [0.1, 0.15) is 11.5 Å². The summed E-state index contributed by atoms with van der Waals surface area (Å²) < 4.78 is 36.0. The van der Waals surface area contributed by atoms with Gasteiger partial charge in [-0.2, -0.15) is 8.42 Å². The molecule has 0 spiro atoms. The van der Waals surface area contributed by atoms with Crippen LogP contribution in [-0.2, 0) is 19.7 Å². The Morgan fingerprint density at radius 1 is 0.933 bits per heavy atom. The maximum absolute atomic E-state index is 12.0. The number of esters is 1. The molecule has 8 heteroatoms. The average Bonchev–Trinajstić information content (AvgIpc) is 2.69. The molecule has 0 aliphatic heterocycles. The largest absolute Gasteiger partial charge is 0.427 e. The van der Waals surface area contributed by atoms with E-state index in [1.807, 2.05) is 0 Å². The fourth-order valence-electron chi connectivity index (χ4n) is 3.10. The van der Waals surface area contributed by atoms with Crippen LogP contribution in [0.4, 0.5) is 0 Å². The zero-order valence-corrected chi connectivity index (χ0v) is 18.7. The zero-order valence-electron chi connectivity index (χ0n) is 17.8. The standard InChI is InChI=1S/C22H35NO6S/c1-2-3-4-5-6-9-12-21(24)20(23)11-8-7-10-13-22(25)29-18-14-16-19(17-15-18)30(26,27)28/h14-17,20H,2-13,23H2,1H3,(H,26,27,28). The van der Waals surface area contributed by atoms with Crippen LogP contribution in [0.15, 0.2) is 29.2 Å². The van der Waals surface area contributed by atoms with Gasteiger partial charge < -0.3 is 10.5 Å². The number of ketones is 1. The number of carbonyl (C=O) groups is 2. The molecular formula is C22H35NO6S. The van der Waals surface area contributed by atoms with Crippen molar-refractivity contribution < 1.29 is 27.3 Å². The highest BCUT2D eigenvalue weighted by Crippen LogP contribution is 2.17. The lowest BCUT2D eigenvalue weighted by Crippen LogP contribution is -2.30. The van der Waals surface area contributed by atoms with E-state index < -0.39 is 22.1 Å². The Balaban J connectivity index is 2.13. The summed E-state index contributed by atoms with van der Waals surface area (Å²) in [6, 6.07) is 4.54. The number of rotatable bonds is 16. The van der Waals surface area contributed by atoms with Gasteiger partial charge in [-0.15, -0.1) is 0 Å². The van der Waals surface area contributed by atoms with Crippen LogP contribution in [-0.4, -0.2) is 30.8 Å². The summed E-state index contributed by atoms with van der Waals surface area (Å²) in [4.78, 5) is 23.6. The number of ether oxygens (including phenoxy) is 1. The molecule has 0 fully saturated rings. The van der Waals surface area contributed by atoms with Gasteiger partial charge in [-0.05, 0) is 43.5 Å². The minimum atomic E-state index is -4.27. The maximum Gasteiger partial charge on any atom is 0.311 e. The van der Waals surface area contributed by atoms with E-state index in [1.54, 1.807) is 0 Å². The Morgan fingerprint density at radius 2 is 1.50 bits per heavy atom. The lowest BCUT2D eigenvalue weighted by molar-refractivity contribution is -0.134. The molecule has 0 heterocycles. The third kappa shape index (κ3) is 11.4. The first-order chi connectivity index (χ1) is 14.2. The average molecular weight is 442 g/mol. The summed E-state index contributed by atoms with van der Waals surface area (Å²) in [5, 5.41) is 0. The molecule has 0 saturated heterocycles. The van der Waals surface area contributed by atoms with E-state index in [0.717, 1.165) is 25.7 Å². The minimum absolute atomic E-state index is 0.123. The van der Waals surface area contributed by atoms with Crippen LogP contribution >= 0.6 is 0 Å². The van der Waals surface area contributed by atoms with E-state index >= 15 is 0 Å². The molecule has 0 saturated carbocycles. The van der Waals surface area contributed by atoms with E-state index in [2.05, 4.69) is 6.92 Å². The molecule has 3 N–H and O–H groups in total. The molecule has 0 aliphatic carbocycles. The van der Waals surface area contributed by atoms with E-state index in [9.17, 15) is 18.0 Å². The molecule has 1 aromatic carbocycles. The second-order valence-corrected chi connectivity index (χ2v) is 9.03. The third-order valence-electron chi connectivity index (χ3n) is 4.94. The maximum atomic E-state index is 12.0. The minimum Gasteiger partial charge on any atom is -0.427 e. The van der Waals surface area contributed by atoms with Crippen LogP contribution in [0.25, 0.3) is 0 Å². The monoisotopic (exact) mass is 441 g/mol. The smallest absolute Gasteiger partial charge is 0.311 e. The van der Waals surface area contributed by atoms with Crippen LogP contribution in [0.1, 0.15) is 84.0 Å². The van der Waals surface area contributed by atoms with E-state index in [1.165, 1.54) is 49.9 Å². The van der Waals surface area contributed by atoms with Crippen LogP contribution in [0, 0.1) is 0 Å². The Labute approximate surface area is 180 Å².